The van der Waals surface area contributed by atoms with Gasteiger partial charge in [0.15, 0.2) is 0 Å². The number of hydrogen-bond acceptors (Lipinski definition) is 7. The Bertz CT molecular complexity index is 1350. The Kier molecular flexibility index (Phi) is 9.31. The molecule has 0 aliphatic carbocycles. The maximum absolute atomic E-state index is 13.2. The molecule has 36 heavy (non-hydrogen) atoms. The summed E-state index contributed by atoms with van der Waals surface area (Å²) in [4.78, 5) is 38.8. The molecule has 1 fully saturated rings. The number of carbonyl (C=O) groups excluding carboxylic acids is 1. The standard InChI is InChI=1S/C25H25ClN4O4S2/c1-3-4-10-29-22(28-14-16-7-5-6-8-19(16)26)17(15(2)18(13-27)23(29)33)12-20-24(34)30(25(35)36-20)11-9-21(31)32/h5-8,12,28H,3-4,9-11,14H2,1-2H3,(H,31,32)/b20-12+. The SMILES string of the molecule is CCCCn1c(NCc2ccccc2Cl)c(/C=C2/SC(=S)N(CCC(=O)O)C2=O)c(C)c(C#N)c1=O. The zero-order valence-corrected chi connectivity index (χ0v) is 22.2. The summed E-state index contributed by atoms with van der Waals surface area (Å²) < 4.78 is 1.79. The van der Waals surface area contributed by atoms with Gasteiger partial charge in [-0.25, -0.2) is 0 Å². The zero-order chi connectivity index (χ0) is 26.4. The third-order valence-electron chi connectivity index (χ3n) is 5.71. The molecule has 0 bridgehead atoms. The fraction of sp³-hybridized carbons (Fsp3) is 0.320. The predicted molar refractivity (Wildman–Crippen MR) is 146 cm³/mol. The second kappa shape index (κ2) is 12.2. The number of aromatic nitrogens is 1. The van der Waals surface area contributed by atoms with Gasteiger partial charge in [0.2, 0.25) is 0 Å². The van der Waals surface area contributed by atoms with Crippen molar-refractivity contribution in [1.82, 2.24) is 9.47 Å². The van der Waals surface area contributed by atoms with Crippen LogP contribution in [-0.2, 0) is 22.7 Å². The van der Waals surface area contributed by atoms with E-state index in [4.69, 9.17) is 28.9 Å². The molecule has 1 saturated heterocycles. The van der Waals surface area contributed by atoms with E-state index in [0.29, 0.717) is 46.4 Å². The number of thioether (sulfide) groups is 1. The van der Waals surface area contributed by atoms with E-state index in [1.165, 1.54) is 9.47 Å². The average molecular weight is 545 g/mol. The number of aliphatic carboxylic acids is 1. The number of thiocarbonyl (C=S) groups is 1. The Morgan fingerprint density at radius 2 is 2.03 bits per heavy atom. The molecule has 1 aliphatic heterocycles. The molecule has 1 amide bonds. The molecule has 0 saturated carbocycles. The van der Waals surface area contributed by atoms with E-state index in [-0.39, 0.29) is 22.8 Å². The Balaban J connectivity index is 2.13. The van der Waals surface area contributed by atoms with E-state index in [0.717, 1.165) is 23.7 Å². The Morgan fingerprint density at radius 1 is 1.31 bits per heavy atom. The van der Waals surface area contributed by atoms with E-state index >= 15 is 0 Å². The Hall–Kier alpha value is -3.13. The molecule has 1 aromatic heterocycles. The molecule has 2 heterocycles. The van der Waals surface area contributed by atoms with Gasteiger partial charge < -0.3 is 10.4 Å². The summed E-state index contributed by atoms with van der Waals surface area (Å²) in [5, 5.41) is 22.6. The third-order valence-corrected chi connectivity index (χ3v) is 7.46. The third kappa shape index (κ3) is 5.98. The van der Waals surface area contributed by atoms with Crippen molar-refractivity contribution in [2.75, 3.05) is 11.9 Å². The maximum Gasteiger partial charge on any atom is 0.305 e. The fourth-order valence-corrected chi connectivity index (χ4v) is 5.23. The van der Waals surface area contributed by atoms with Crippen molar-refractivity contribution in [3.63, 3.8) is 0 Å². The van der Waals surface area contributed by atoms with Gasteiger partial charge in [-0.15, -0.1) is 0 Å². The van der Waals surface area contributed by atoms with Crippen LogP contribution in [-0.4, -0.2) is 37.3 Å². The lowest BCUT2D eigenvalue weighted by Gasteiger charge is -2.20. The average Bonchev–Trinajstić information content (AvgIpc) is 3.11. The van der Waals surface area contributed by atoms with Crippen LogP contribution in [0.15, 0.2) is 34.0 Å². The van der Waals surface area contributed by atoms with E-state index < -0.39 is 17.4 Å². The number of nitrogens with zero attached hydrogens (tertiary/aromatic N) is 3. The monoisotopic (exact) mass is 544 g/mol. The predicted octanol–water partition coefficient (Wildman–Crippen LogP) is 4.77. The topological polar surface area (TPSA) is 115 Å². The van der Waals surface area contributed by atoms with Crippen LogP contribution in [0.1, 0.15) is 48.4 Å². The molecule has 1 aliphatic rings. The molecular formula is C25H25ClN4O4S2. The molecule has 1 aromatic carbocycles. The van der Waals surface area contributed by atoms with Crippen LogP contribution in [0.4, 0.5) is 5.82 Å². The molecule has 188 valence electrons. The van der Waals surface area contributed by atoms with E-state index in [9.17, 15) is 19.6 Å². The van der Waals surface area contributed by atoms with Gasteiger partial charge in [0.05, 0.1) is 11.3 Å². The van der Waals surface area contributed by atoms with E-state index in [1.807, 2.05) is 31.2 Å². The summed E-state index contributed by atoms with van der Waals surface area (Å²) in [6, 6.07) is 9.34. The van der Waals surface area contributed by atoms with Crippen molar-refractivity contribution in [3.8, 4) is 6.07 Å². The number of pyridine rings is 1. The number of carboxylic acids is 1. The molecule has 3 rings (SSSR count). The number of benzene rings is 1. The lowest BCUT2D eigenvalue weighted by atomic mass is 10.0. The number of unbranched alkanes of at least 4 members (excludes halogenated alkanes) is 1. The summed E-state index contributed by atoms with van der Waals surface area (Å²) >= 11 is 12.7. The summed E-state index contributed by atoms with van der Waals surface area (Å²) in [5.41, 5.74) is 1.38. The number of rotatable bonds is 10. The first kappa shape index (κ1) is 27.5. The van der Waals surface area contributed by atoms with Gasteiger partial charge in [0, 0.05) is 30.2 Å². The minimum absolute atomic E-state index is 0.00185. The van der Waals surface area contributed by atoms with Crippen molar-refractivity contribution >= 4 is 63.7 Å². The molecule has 2 N–H and O–H groups in total. The lowest BCUT2D eigenvalue weighted by molar-refractivity contribution is -0.137. The van der Waals surface area contributed by atoms with Crippen LogP contribution in [0, 0.1) is 18.3 Å². The lowest BCUT2D eigenvalue weighted by Crippen LogP contribution is -2.30. The van der Waals surface area contributed by atoms with Crippen LogP contribution in [0.5, 0.6) is 0 Å². The summed E-state index contributed by atoms with van der Waals surface area (Å²) in [6.45, 7) is 4.34. The second-order valence-corrected chi connectivity index (χ2v) is 10.2. The van der Waals surface area contributed by atoms with Gasteiger partial charge in [-0.1, -0.05) is 67.1 Å². The van der Waals surface area contributed by atoms with Gasteiger partial charge in [-0.05, 0) is 36.6 Å². The molecule has 0 atom stereocenters. The highest BCUT2D eigenvalue weighted by atomic mass is 35.5. The highest BCUT2D eigenvalue weighted by Crippen LogP contribution is 2.35. The minimum atomic E-state index is -1.03. The van der Waals surface area contributed by atoms with Crippen LogP contribution in [0.25, 0.3) is 6.08 Å². The van der Waals surface area contributed by atoms with E-state index in [2.05, 4.69) is 5.32 Å². The van der Waals surface area contributed by atoms with Gasteiger partial charge in [-0.3, -0.25) is 23.9 Å². The Labute approximate surface area is 223 Å². The van der Waals surface area contributed by atoms with Crippen LogP contribution >= 0.6 is 35.6 Å². The normalized spacial score (nSPS) is 14.4. The summed E-state index contributed by atoms with van der Waals surface area (Å²) in [7, 11) is 0. The molecule has 2 aromatic rings. The zero-order valence-electron chi connectivity index (χ0n) is 19.8. The first-order chi connectivity index (χ1) is 17.2. The molecule has 0 unspecified atom stereocenters. The van der Waals surface area contributed by atoms with Crippen LogP contribution < -0.4 is 10.9 Å². The van der Waals surface area contributed by atoms with Crippen LogP contribution in [0.2, 0.25) is 5.02 Å². The molecular weight excluding hydrogens is 520 g/mol. The van der Waals surface area contributed by atoms with Gasteiger partial charge in [-0.2, -0.15) is 5.26 Å². The minimum Gasteiger partial charge on any atom is -0.481 e. The van der Waals surface area contributed by atoms with Gasteiger partial charge in [0.1, 0.15) is 21.8 Å². The van der Waals surface area contributed by atoms with Gasteiger partial charge >= 0.3 is 5.97 Å². The van der Waals surface area contributed by atoms with E-state index in [1.54, 1.807) is 19.1 Å². The molecule has 0 radical (unpaired) electrons. The van der Waals surface area contributed by atoms with Gasteiger partial charge in [0.25, 0.3) is 11.5 Å². The number of anilines is 1. The van der Waals surface area contributed by atoms with Crippen molar-refractivity contribution < 1.29 is 14.7 Å². The first-order valence-electron chi connectivity index (χ1n) is 11.3. The van der Waals surface area contributed by atoms with Crippen molar-refractivity contribution in [2.24, 2.45) is 0 Å². The fourth-order valence-electron chi connectivity index (χ4n) is 3.74. The number of hydrogen-bond donors (Lipinski definition) is 2. The molecule has 8 nitrogen and oxygen atoms in total. The maximum atomic E-state index is 13.2. The number of halogens is 1. The second-order valence-electron chi connectivity index (χ2n) is 8.11. The number of carboxylic acid groups (broad SMARTS) is 1. The number of nitriles is 1. The molecule has 11 heteroatoms. The molecule has 0 spiro atoms. The highest BCUT2D eigenvalue weighted by Gasteiger charge is 2.33. The quantitative estimate of drug-likeness (QED) is 0.324. The largest absolute Gasteiger partial charge is 0.481 e. The van der Waals surface area contributed by atoms with Crippen molar-refractivity contribution in [2.45, 2.75) is 46.2 Å². The summed E-state index contributed by atoms with van der Waals surface area (Å²) in [6.07, 6.45) is 2.94. The van der Waals surface area contributed by atoms with Crippen LogP contribution in [0.3, 0.4) is 0 Å². The van der Waals surface area contributed by atoms with Crippen molar-refractivity contribution in [1.29, 1.82) is 5.26 Å². The smallest absolute Gasteiger partial charge is 0.305 e. The number of nitrogens with one attached hydrogen (secondary N) is 1. The summed E-state index contributed by atoms with van der Waals surface area (Å²) in [5.74, 6) is -0.968. The first-order valence-corrected chi connectivity index (χ1v) is 12.9. The number of carbonyl (C=O) groups is 2. The number of amides is 1. The highest BCUT2D eigenvalue weighted by molar-refractivity contribution is 8.26. The van der Waals surface area contributed by atoms with Crippen molar-refractivity contribution in [3.05, 3.63) is 66.8 Å². The Morgan fingerprint density at radius 3 is 2.67 bits per heavy atom.